The standard InChI is InChI=1S/C23H27F2N5O4/c1-13(2)15-6-4-5-7-16(15)23(11-30(12-23)18(31)10-27-22(26)33)20(32)29-17-9-8-14(3)28-19(17)34-21(24)25/h4-9,13,21H,10-12H2,1-3H3,(H,29,32)(H3,26,27,33). The second-order valence-corrected chi connectivity index (χ2v) is 8.43. The van der Waals surface area contributed by atoms with Crippen molar-refractivity contribution in [2.45, 2.75) is 38.7 Å². The van der Waals surface area contributed by atoms with Crippen LogP contribution in [0.15, 0.2) is 36.4 Å². The van der Waals surface area contributed by atoms with Crippen LogP contribution in [-0.2, 0) is 15.0 Å². The first-order valence-electron chi connectivity index (χ1n) is 10.7. The minimum atomic E-state index is -3.12. The predicted molar refractivity (Wildman–Crippen MR) is 121 cm³/mol. The van der Waals surface area contributed by atoms with Crippen LogP contribution in [0.3, 0.4) is 0 Å². The predicted octanol–water partition coefficient (Wildman–Crippen LogP) is 2.50. The van der Waals surface area contributed by atoms with Gasteiger partial charge in [-0.25, -0.2) is 9.78 Å². The summed E-state index contributed by atoms with van der Waals surface area (Å²) in [4.78, 5) is 42.4. The third kappa shape index (κ3) is 5.24. The van der Waals surface area contributed by atoms with E-state index in [1.54, 1.807) is 19.1 Å². The molecule has 2 heterocycles. The number of hydrogen-bond donors (Lipinski definition) is 3. The average molecular weight is 475 g/mol. The van der Waals surface area contributed by atoms with Gasteiger partial charge < -0.3 is 26.0 Å². The van der Waals surface area contributed by atoms with Gasteiger partial charge in [0.2, 0.25) is 17.7 Å². The molecule has 4 N–H and O–H groups in total. The van der Waals surface area contributed by atoms with E-state index in [-0.39, 0.29) is 31.2 Å². The van der Waals surface area contributed by atoms with E-state index in [9.17, 15) is 23.2 Å². The number of hydrogen-bond acceptors (Lipinski definition) is 5. The molecule has 2 aromatic rings. The number of amides is 4. The number of carbonyl (C=O) groups is 3. The van der Waals surface area contributed by atoms with Gasteiger partial charge >= 0.3 is 12.6 Å². The number of nitrogens with one attached hydrogen (secondary N) is 2. The quantitative estimate of drug-likeness (QED) is 0.541. The highest BCUT2D eigenvalue weighted by atomic mass is 19.3. The van der Waals surface area contributed by atoms with Gasteiger partial charge in [-0.2, -0.15) is 8.78 Å². The zero-order valence-corrected chi connectivity index (χ0v) is 19.1. The Labute approximate surface area is 195 Å². The van der Waals surface area contributed by atoms with Crippen LogP contribution in [0.25, 0.3) is 0 Å². The van der Waals surface area contributed by atoms with Crippen molar-refractivity contribution in [3.63, 3.8) is 0 Å². The summed E-state index contributed by atoms with van der Waals surface area (Å²) in [6, 6.07) is 9.57. The molecule has 0 aliphatic carbocycles. The van der Waals surface area contributed by atoms with Gasteiger partial charge in [0.05, 0.1) is 6.54 Å². The second kappa shape index (κ2) is 10.0. The first kappa shape index (κ1) is 24.9. The Bertz CT molecular complexity index is 1090. The highest BCUT2D eigenvalue weighted by Crippen LogP contribution is 2.40. The van der Waals surface area contributed by atoms with Gasteiger partial charge in [0.25, 0.3) is 0 Å². The van der Waals surface area contributed by atoms with Crippen molar-refractivity contribution >= 4 is 23.5 Å². The van der Waals surface area contributed by atoms with Gasteiger partial charge in [-0.15, -0.1) is 0 Å². The lowest BCUT2D eigenvalue weighted by Crippen LogP contribution is -2.67. The molecule has 0 radical (unpaired) electrons. The Kier molecular flexibility index (Phi) is 7.33. The number of nitrogens with two attached hydrogens (primary N) is 1. The molecular weight excluding hydrogens is 448 g/mol. The number of alkyl halides is 2. The summed E-state index contributed by atoms with van der Waals surface area (Å²) in [5.41, 5.74) is 5.98. The van der Waals surface area contributed by atoms with Gasteiger partial charge in [0.15, 0.2) is 0 Å². The number of likely N-dealkylation sites (tertiary alicyclic amines) is 1. The monoisotopic (exact) mass is 475 g/mol. The molecule has 34 heavy (non-hydrogen) atoms. The number of pyridine rings is 1. The third-order valence-electron chi connectivity index (χ3n) is 5.67. The molecule has 0 atom stereocenters. The number of aromatic nitrogens is 1. The fraction of sp³-hybridized carbons (Fsp3) is 0.391. The molecule has 0 unspecified atom stereocenters. The van der Waals surface area contributed by atoms with Crippen LogP contribution in [0.1, 0.15) is 36.6 Å². The maximum absolute atomic E-state index is 13.6. The number of aryl methyl sites for hydroxylation is 1. The maximum atomic E-state index is 13.6. The van der Waals surface area contributed by atoms with Gasteiger partial charge in [-0.1, -0.05) is 38.1 Å². The molecular formula is C23H27F2N5O4. The van der Waals surface area contributed by atoms with Crippen molar-refractivity contribution in [3.8, 4) is 5.88 Å². The van der Waals surface area contributed by atoms with E-state index in [4.69, 9.17) is 5.73 Å². The number of primary amides is 1. The van der Waals surface area contributed by atoms with E-state index < -0.39 is 35.8 Å². The Hall–Kier alpha value is -3.76. The summed E-state index contributed by atoms with van der Waals surface area (Å²) in [5, 5.41) is 4.92. The topological polar surface area (TPSA) is 127 Å². The number of urea groups is 1. The second-order valence-electron chi connectivity index (χ2n) is 8.43. The first-order chi connectivity index (χ1) is 16.0. The zero-order chi connectivity index (χ0) is 25.0. The van der Waals surface area contributed by atoms with Crippen LogP contribution in [-0.4, -0.2) is 54.0 Å². The van der Waals surface area contributed by atoms with E-state index in [2.05, 4.69) is 20.4 Å². The number of halogens is 2. The van der Waals surface area contributed by atoms with Gasteiger partial charge in [-0.05, 0) is 36.1 Å². The molecule has 0 saturated carbocycles. The summed E-state index contributed by atoms with van der Waals surface area (Å²) in [5.74, 6) is -1.20. The SMILES string of the molecule is Cc1ccc(NC(=O)C2(c3ccccc3C(C)C)CN(C(=O)CNC(N)=O)C2)c(OC(F)F)n1. The van der Waals surface area contributed by atoms with Crippen LogP contribution >= 0.6 is 0 Å². The Morgan fingerprint density at radius 3 is 2.47 bits per heavy atom. The molecule has 11 heteroatoms. The first-order valence-corrected chi connectivity index (χ1v) is 10.7. The molecule has 1 saturated heterocycles. The molecule has 1 fully saturated rings. The van der Waals surface area contributed by atoms with E-state index >= 15 is 0 Å². The smallest absolute Gasteiger partial charge is 0.388 e. The van der Waals surface area contributed by atoms with Crippen LogP contribution in [0, 0.1) is 6.92 Å². The van der Waals surface area contributed by atoms with Crippen LogP contribution < -0.4 is 21.1 Å². The molecule has 9 nitrogen and oxygen atoms in total. The fourth-order valence-corrected chi connectivity index (χ4v) is 3.97. The Morgan fingerprint density at radius 1 is 1.18 bits per heavy atom. The van der Waals surface area contributed by atoms with E-state index in [0.29, 0.717) is 5.69 Å². The highest BCUT2D eigenvalue weighted by molar-refractivity contribution is 6.03. The number of benzene rings is 1. The zero-order valence-electron chi connectivity index (χ0n) is 19.1. The lowest BCUT2D eigenvalue weighted by atomic mass is 9.69. The van der Waals surface area contributed by atoms with E-state index in [1.807, 2.05) is 32.0 Å². The summed E-state index contributed by atoms with van der Waals surface area (Å²) in [6.45, 7) is 2.24. The van der Waals surface area contributed by atoms with Crippen molar-refractivity contribution in [3.05, 3.63) is 53.2 Å². The van der Waals surface area contributed by atoms with Gasteiger partial charge in [0, 0.05) is 18.8 Å². The van der Waals surface area contributed by atoms with Crippen molar-refractivity contribution in [2.75, 3.05) is 25.0 Å². The minimum Gasteiger partial charge on any atom is -0.415 e. The third-order valence-corrected chi connectivity index (χ3v) is 5.67. The van der Waals surface area contributed by atoms with Crippen LogP contribution in [0.4, 0.5) is 19.3 Å². The fourth-order valence-electron chi connectivity index (χ4n) is 3.97. The number of carbonyl (C=O) groups excluding carboxylic acids is 3. The van der Waals surface area contributed by atoms with Gasteiger partial charge in [-0.3, -0.25) is 9.59 Å². The number of anilines is 1. The van der Waals surface area contributed by atoms with Gasteiger partial charge in [0.1, 0.15) is 11.1 Å². The molecule has 1 aromatic heterocycles. The minimum absolute atomic E-state index is 0.00234. The Balaban J connectivity index is 1.94. The number of nitrogens with zero attached hydrogens (tertiary/aromatic N) is 2. The summed E-state index contributed by atoms with van der Waals surface area (Å²) in [6.07, 6.45) is 0. The molecule has 1 aliphatic heterocycles. The molecule has 0 spiro atoms. The highest BCUT2D eigenvalue weighted by Gasteiger charge is 2.53. The van der Waals surface area contributed by atoms with Crippen LogP contribution in [0.5, 0.6) is 5.88 Å². The van der Waals surface area contributed by atoms with Crippen LogP contribution in [0.2, 0.25) is 0 Å². The lowest BCUT2D eigenvalue weighted by Gasteiger charge is -2.50. The summed E-state index contributed by atoms with van der Waals surface area (Å²) in [7, 11) is 0. The van der Waals surface area contributed by atoms with E-state index in [1.165, 1.54) is 11.0 Å². The van der Waals surface area contributed by atoms with Crippen molar-refractivity contribution < 1.29 is 27.9 Å². The molecule has 4 amide bonds. The Morgan fingerprint density at radius 2 is 1.85 bits per heavy atom. The van der Waals surface area contributed by atoms with E-state index in [0.717, 1.165) is 11.1 Å². The molecule has 1 aromatic carbocycles. The molecule has 0 bridgehead atoms. The molecule has 182 valence electrons. The largest absolute Gasteiger partial charge is 0.415 e. The maximum Gasteiger partial charge on any atom is 0.388 e. The van der Waals surface area contributed by atoms with Crippen molar-refractivity contribution in [2.24, 2.45) is 5.73 Å². The summed E-state index contributed by atoms with van der Waals surface area (Å²) < 4.78 is 30.3. The summed E-state index contributed by atoms with van der Waals surface area (Å²) >= 11 is 0. The normalized spacial score (nSPS) is 14.5. The van der Waals surface area contributed by atoms with Crippen molar-refractivity contribution in [1.29, 1.82) is 0 Å². The lowest BCUT2D eigenvalue weighted by molar-refractivity contribution is -0.143. The molecule has 3 rings (SSSR count). The molecule has 1 aliphatic rings. The number of ether oxygens (including phenoxy) is 1. The van der Waals surface area contributed by atoms with Crippen molar-refractivity contribution in [1.82, 2.24) is 15.2 Å². The number of rotatable bonds is 8. The average Bonchev–Trinajstić information content (AvgIpc) is 2.73.